The van der Waals surface area contributed by atoms with Gasteiger partial charge in [0, 0.05) is 37.7 Å². The van der Waals surface area contributed by atoms with Gasteiger partial charge in [-0.2, -0.15) is 4.31 Å². The highest BCUT2D eigenvalue weighted by Gasteiger charge is 2.42. The van der Waals surface area contributed by atoms with Crippen LogP contribution in [0.3, 0.4) is 0 Å². The van der Waals surface area contributed by atoms with E-state index in [1.54, 1.807) is 18.2 Å². The lowest BCUT2D eigenvalue weighted by Gasteiger charge is -2.31. The number of amides is 1. The van der Waals surface area contributed by atoms with Crippen LogP contribution in [0.5, 0.6) is 11.5 Å². The zero-order valence-electron chi connectivity index (χ0n) is 18.3. The number of fused-ring (bicyclic) bond motifs is 1. The maximum Gasteiger partial charge on any atom is 0.257 e. The topological polar surface area (TPSA) is 84.9 Å². The smallest absolute Gasteiger partial charge is 0.257 e. The molecule has 2 heterocycles. The van der Waals surface area contributed by atoms with E-state index in [4.69, 9.17) is 21.1 Å². The third-order valence-corrected chi connectivity index (χ3v) is 8.77. The van der Waals surface area contributed by atoms with Crippen molar-refractivity contribution in [1.29, 1.82) is 0 Å². The van der Waals surface area contributed by atoms with Crippen LogP contribution in [0.4, 0.5) is 5.69 Å². The fourth-order valence-corrected chi connectivity index (χ4v) is 6.50. The van der Waals surface area contributed by atoms with Crippen LogP contribution in [-0.4, -0.2) is 37.5 Å². The molecule has 0 aromatic heterocycles. The van der Waals surface area contributed by atoms with Crippen molar-refractivity contribution in [3.63, 3.8) is 0 Å². The molecule has 33 heavy (non-hydrogen) atoms. The van der Waals surface area contributed by atoms with Gasteiger partial charge in [-0.15, -0.1) is 0 Å². The first-order valence-corrected chi connectivity index (χ1v) is 13.3. The van der Waals surface area contributed by atoms with Gasteiger partial charge < -0.3 is 14.8 Å². The number of nitrogens with one attached hydrogen (secondary N) is 1. The lowest BCUT2D eigenvalue weighted by molar-refractivity contribution is -0.105. The zero-order chi connectivity index (χ0) is 23.1. The normalized spacial score (nSPS) is 20.0. The summed E-state index contributed by atoms with van der Waals surface area (Å²) in [6.07, 6.45) is 7.70. The quantitative estimate of drug-likeness (QED) is 0.636. The van der Waals surface area contributed by atoms with Gasteiger partial charge in [0.2, 0.25) is 10.0 Å². The van der Waals surface area contributed by atoms with Crippen molar-refractivity contribution < 1.29 is 22.7 Å². The summed E-state index contributed by atoms with van der Waals surface area (Å²) in [5, 5.41) is 3.00. The Bertz CT molecular complexity index is 1170. The lowest BCUT2D eigenvalue weighted by Crippen LogP contribution is -2.40. The first kappa shape index (κ1) is 22.5. The molecule has 5 rings (SSSR count). The standard InChI is InChI=1S/C24H27ClN2O5S/c25-20-9-8-18(33(29,30)27-13-5-2-6-14-27)16-19(20)23(28)26-17-7-10-21-22(15-17)32-24(31-21)11-3-1-4-12-24/h7-10,15-16H,1-6,11-14H2,(H,26,28). The van der Waals surface area contributed by atoms with Crippen molar-refractivity contribution in [3.05, 3.63) is 47.0 Å². The summed E-state index contributed by atoms with van der Waals surface area (Å²) in [6.45, 7) is 0.982. The Hall–Kier alpha value is -2.29. The third-order valence-electron chi connectivity index (χ3n) is 6.54. The highest BCUT2D eigenvalue weighted by molar-refractivity contribution is 7.89. The maximum atomic E-state index is 13.0. The molecule has 1 aliphatic carbocycles. The maximum absolute atomic E-state index is 13.0. The highest BCUT2D eigenvalue weighted by atomic mass is 35.5. The van der Waals surface area contributed by atoms with Crippen molar-refractivity contribution >= 4 is 33.2 Å². The second kappa shape index (κ2) is 8.81. The number of carbonyl (C=O) groups excluding carboxylic acids is 1. The Balaban J connectivity index is 1.35. The average molecular weight is 491 g/mol. The van der Waals surface area contributed by atoms with Gasteiger partial charge in [0.1, 0.15) is 0 Å². The van der Waals surface area contributed by atoms with E-state index in [2.05, 4.69) is 5.32 Å². The molecule has 7 nitrogen and oxygen atoms in total. The van der Waals surface area contributed by atoms with E-state index in [0.29, 0.717) is 30.3 Å². The fraction of sp³-hybridized carbons (Fsp3) is 0.458. The molecule has 3 aliphatic rings. The zero-order valence-corrected chi connectivity index (χ0v) is 19.9. The minimum atomic E-state index is -3.67. The molecule has 1 saturated carbocycles. The van der Waals surface area contributed by atoms with Crippen molar-refractivity contribution in [2.45, 2.75) is 62.0 Å². The molecular weight excluding hydrogens is 464 g/mol. The molecule has 0 unspecified atom stereocenters. The SMILES string of the molecule is O=C(Nc1ccc2c(c1)OC1(CCCCC1)O2)c1cc(S(=O)(=O)N2CCCCC2)ccc1Cl. The monoisotopic (exact) mass is 490 g/mol. The Morgan fingerprint density at radius 3 is 2.36 bits per heavy atom. The van der Waals surface area contributed by atoms with E-state index in [1.165, 1.54) is 28.9 Å². The van der Waals surface area contributed by atoms with Gasteiger partial charge in [-0.25, -0.2) is 8.42 Å². The number of ether oxygens (including phenoxy) is 2. The first-order valence-electron chi connectivity index (χ1n) is 11.5. The van der Waals surface area contributed by atoms with Gasteiger partial charge in [-0.05, 0) is 56.0 Å². The van der Waals surface area contributed by atoms with Crippen LogP contribution in [-0.2, 0) is 10.0 Å². The highest BCUT2D eigenvalue weighted by Crippen LogP contribution is 2.46. The molecule has 0 atom stereocenters. The molecule has 2 aromatic carbocycles. The van der Waals surface area contributed by atoms with E-state index >= 15 is 0 Å². The number of nitrogens with zero attached hydrogens (tertiary/aromatic N) is 1. The van der Waals surface area contributed by atoms with E-state index in [9.17, 15) is 13.2 Å². The number of hydrogen-bond acceptors (Lipinski definition) is 5. The van der Waals surface area contributed by atoms with Crippen molar-refractivity contribution in [2.24, 2.45) is 0 Å². The van der Waals surface area contributed by atoms with Crippen LogP contribution < -0.4 is 14.8 Å². The summed E-state index contributed by atoms with van der Waals surface area (Å²) in [5.41, 5.74) is 0.631. The molecule has 1 N–H and O–H groups in total. The molecule has 1 amide bonds. The molecule has 9 heteroatoms. The van der Waals surface area contributed by atoms with E-state index in [-0.39, 0.29) is 15.5 Å². The number of halogens is 1. The summed E-state index contributed by atoms with van der Waals surface area (Å²) in [7, 11) is -3.67. The van der Waals surface area contributed by atoms with Crippen molar-refractivity contribution in [1.82, 2.24) is 4.31 Å². The Morgan fingerprint density at radius 1 is 0.909 bits per heavy atom. The third kappa shape index (κ3) is 4.44. The molecule has 0 bridgehead atoms. The summed E-state index contributed by atoms with van der Waals surface area (Å²) >= 11 is 6.27. The largest absolute Gasteiger partial charge is 0.448 e. The predicted octanol–water partition coefficient (Wildman–Crippen LogP) is 5.20. The fourth-order valence-electron chi connectivity index (χ4n) is 4.76. The predicted molar refractivity (Wildman–Crippen MR) is 126 cm³/mol. The number of carbonyl (C=O) groups is 1. The van der Waals surface area contributed by atoms with Crippen LogP contribution in [0.25, 0.3) is 0 Å². The summed E-state index contributed by atoms with van der Waals surface area (Å²) in [6, 6.07) is 9.52. The molecule has 1 saturated heterocycles. The van der Waals surface area contributed by atoms with Crippen molar-refractivity contribution in [3.8, 4) is 11.5 Å². The van der Waals surface area contributed by atoms with E-state index in [1.807, 2.05) is 0 Å². The van der Waals surface area contributed by atoms with Crippen molar-refractivity contribution in [2.75, 3.05) is 18.4 Å². The lowest BCUT2D eigenvalue weighted by atomic mass is 9.94. The molecule has 0 radical (unpaired) electrons. The van der Waals surface area contributed by atoms with Gasteiger partial charge in [0.05, 0.1) is 15.5 Å². The van der Waals surface area contributed by atoms with Gasteiger partial charge >= 0.3 is 0 Å². The van der Waals surface area contributed by atoms with Crippen LogP contribution in [0.15, 0.2) is 41.3 Å². The van der Waals surface area contributed by atoms with Gasteiger partial charge in [-0.3, -0.25) is 4.79 Å². The molecular formula is C24H27ClN2O5S. The van der Waals surface area contributed by atoms with Gasteiger partial charge in [0.15, 0.2) is 11.5 Å². The minimum absolute atomic E-state index is 0.0730. The number of rotatable bonds is 4. The van der Waals surface area contributed by atoms with Crippen LogP contribution in [0.2, 0.25) is 5.02 Å². The Labute approximate surface area is 199 Å². The summed E-state index contributed by atoms with van der Waals surface area (Å²) in [5.74, 6) is 0.190. The Kier molecular flexibility index (Phi) is 6.01. The molecule has 2 aliphatic heterocycles. The van der Waals surface area contributed by atoms with Gasteiger partial charge in [-0.1, -0.05) is 24.4 Å². The van der Waals surface area contributed by atoms with E-state index in [0.717, 1.165) is 44.9 Å². The summed E-state index contributed by atoms with van der Waals surface area (Å²) in [4.78, 5) is 13.1. The van der Waals surface area contributed by atoms with E-state index < -0.39 is 21.7 Å². The number of hydrogen-bond donors (Lipinski definition) is 1. The number of benzene rings is 2. The first-order chi connectivity index (χ1) is 15.9. The van der Waals surface area contributed by atoms with Crippen LogP contribution >= 0.6 is 11.6 Å². The molecule has 2 aromatic rings. The van der Waals surface area contributed by atoms with Crippen LogP contribution in [0.1, 0.15) is 61.7 Å². The number of sulfonamides is 1. The summed E-state index contributed by atoms with van der Waals surface area (Å²) < 4.78 is 39.7. The second-order valence-corrected chi connectivity index (χ2v) is 11.2. The number of anilines is 1. The average Bonchev–Trinajstić information content (AvgIpc) is 3.16. The number of piperidine rings is 1. The minimum Gasteiger partial charge on any atom is -0.448 e. The second-order valence-electron chi connectivity index (χ2n) is 8.90. The van der Waals surface area contributed by atoms with Gasteiger partial charge in [0.25, 0.3) is 11.7 Å². The molecule has 1 spiro atoms. The van der Waals surface area contributed by atoms with Crippen LogP contribution in [0, 0.1) is 0 Å². The Morgan fingerprint density at radius 2 is 1.61 bits per heavy atom. The molecule has 176 valence electrons. The molecule has 2 fully saturated rings.